The molecule has 110 valence electrons. The standard InChI is InChI=1S/C19H24N2/c1-3-6-14-9-10-18-19-16(11-12-21(18)13(14)2)15-7-4-5-8-17(15)20-19/h3-5,7-8,13-14,18,20H,1,6,9-12H2,2H3/t13-,14-,18-/m0/s1. The lowest BCUT2D eigenvalue weighted by molar-refractivity contribution is 0.0406. The Morgan fingerprint density at radius 2 is 2.19 bits per heavy atom. The minimum Gasteiger partial charge on any atom is -0.357 e. The van der Waals surface area contributed by atoms with E-state index in [0.717, 1.165) is 12.3 Å². The highest BCUT2D eigenvalue weighted by Gasteiger charge is 2.38. The second kappa shape index (κ2) is 5.03. The molecule has 1 fully saturated rings. The van der Waals surface area contributed by atoms with Crippen molar-refractivity contribution in [2.45, 2.75) is 44.7 Å². The third-order valence-corrected chi connectivity index (χ3v) is 5.69. The summed E-state index contributed by atoms with van der Waals surface area (Å²) >= 11 is 0. The molecule has 2 aliphatic rings. The predicted molar refractivity (Wildman–Crippen MR) is 88.4 cm³/mol. The molecule has 0 radical (unpaired) electrons. The number of H-pyrrole nitrogens is 1. The Kier molecular flexibility index (Phi) is 3.15. The minimum atomic E-state index is 0.595. The van der Waals surface area contributed by atoms with Crippen LogP contribution in [-0.4, -0.2) is 22.5 Å². The molecule has 0 unspecified atom stereocenters. The van der Waals surface area contributed by atoms with E-state index in [0.29, 0.717) is 12.1 Å². The van der Waals surface area contributed by atoms with Gasteiger partial charge in [0, 0.05) is 29.2 Å². The van der Waals surface area contributed by atoms with Gasteiger partial charge in [0.15, 0.2) is 0 Å². The molecule has 1 aromatic heterocycles. The first-order chi connectivity index (χ1) is 10.3. The quantitative estimate of drug-likeness (QED) is 0.806. The number of piperidine rings is 1. The van der Waals surface area contributed by atoms with Gasteiger partial charge in [-0.3, -0.25) is 4.90 Å². The zero-order valence-electron chi connectivity index (χ0n) is 12.8. The van der Waals surface area contributed by atoms with Crippen molar-refractivity contribution in [1.82, 2.24) is 9.88 Å². The molecule has 0 saturated carbocycles. The van der Waals surface area contributed by atoms with Crippen LogP contribution < -0.4 is 0 Å². The molecule has 1 aromatic carbocycles. The van der Waals surface area contributed by atoms with Gasteiger partial charge in [-0.1, -0.05) is 24.3 Å². The molecule has 3 heterocycles. The van der Waals surface area contributed by atoms with E-state index < -0.39 is 0 Å². The lowest BCUT2D eigenvalue weighted by Gasteiger charge is -2.47. The molecule has 2 nitrogen and oxygen atoms in total. The van der Waals surface area contributed by atoms with E-state index in [9.17, 15) is 0 Å². The number of nitrogens with zero attached hydrogens (tertiary/aromatic N) is 1. The van der Waals surface area contributed by atoms with Gasteiger partial charge in [0.1, 0.15) is 0 Å². The number of fused-ring (bicyclic) bond motifs is 5. The summed E-state index contributed by atoms with van der Waals surface area (Å²) in [4.78, 5) is 6.45. The van der Waals surface area contributed by atoms with Gasteiger partial charge in [-0.2, -0.15) is 0 Å². The summed E-state index contributed by atoms with van der Waals surface area (Å²) in [5, 5.41) is 1.44. The van der Waals surface area contributed by atoms with Gasteiger partial charge in [-0.25, -0.2) is 0 Å². The second-order valence-electron chi connectivity index (χ2n) is 6.67. The molecule has 0 amide bonds. The van der Waals surface area contributed by atoms with Gasteiger partial charge in [0.25, 0.3) is 0 Å². The van der Waals surface area contributed by atoms with Crippen LogP contribution in [0.4, 0.5) is 0 Å². The molecular weight excluding hydrogens is 256 g/mol. The number of benzene rings is 1. The summed E-state index contributed by atoms with van der Waals surface area (Å²) in [7, 11) is 0. The van der Waals surface area contributed by atoms with Crippen LogP contribution in [0.5, 0.6) is 0 Å². The average Bonchev–Trinajstić information content (AvgIpc) is 2.89. The molecule has 4 rings (SSSR count). The Hall–Kier alpha value is -1.54. The monoisotopic (exact) mass is 280 g/mol. The van der Waals surface area contributed by atoms with E-state index in [4.69, 9.17) is 0 Å². The summed E-state index contributed by atoms with van der Waals surface area (Å²) < 4.78 is 0. The van der Waals surface area contributed by atoms with Crippen molar-refractivity contribution in [3.05, 3.63) is 48.2 Å². The first-order valence-electron chi connectivity index (χ1n) is 8.25. The Labute approximate surface area is 126 Å². The number of hydrogen-bond donors (Lipinski definition) is 1. The largest absolute Gasteiger partial charge is 0.357 e. The Bertz CT molecular complexity index is 669. The fourth-order valence-corrected chi connectivity index (χ4v) is 4.55. The van der Waals surface area contributed by atoms with E-state index in [1.165, 1.54) is 42.4 Å². The van der Waals surface area contributed by atoms with Gasteiger partial charge in [-0.05, 0) is 50.2 Å². The van der Waals surface area contributed by atoms with Crippen molar-refractivity contribution in [3.63, 3.8) is 0 Å². The number of nitrogens with one attached hydrogen (secondary N) is 1. The van der Waals surface area contributed by atoms with Crippen LogP contribution >= 0.6 is 0 Å². The molecule has 3 atom stereocenters. The van der Waals surface area contributed by atoms with Gasteiger partial charge < -0.3 is 4.98 Å². The summed E-state index contributed by atoms with van der Waals surface area (Å²) in [5.74, 6) is 0.782. The third-order valence-electron chi connectivity index (χ3n) is 5.69. The highest BCUT2D eigenvalue weighted by molar-refractivity contribution is 5.85. The Morgan fingerprint density at radius 1 is 1.33 bits per heavy atom. The highest BCUT2D eigenvalue weighted by Crippen LogP contribution is 2.43. The van der Waals surface area contributed by atoms with E-state index in [1.54, 1.807) is 5.56 Å². The molecule has 2 aliphatic heterocycles. The van der Waals surface area contributed by atoms with E-state index in [-0.39, 0.29) is 0 Å². The maximum Gasteiger partial charge on any atom is 0.0504 e. The molecular formula is C19H24N2. The van der Waals surface area contributed by atoms with Crippen LogP contribution in [0.25, 0.3) is 10.9 Å². The van der Waals surface area contributed by atoms with E-state index in [2.05, 4.69) is 53.7 Å². The molecule has 1 saturated heterocycles. The van der Waals surface area contributed by atoms with Crippen molar-refractivity contribution in [1.29, 1.82) is 0 Å². The van der Waals surface area contributed by atoms with E-state index >= 15 is 0 Å². The molecule has 21 heavy (non-hydrogen) atoms. The molecule has 2 aromatic rings. The molecule has 0 bridgehead atoms. The van der Waals surface area contributed by atoms with Gasteiger partial charge in [0.05, 0.1) is 6.04 Å². The van der Waals surface area contributed by atoms with Gasteiger partial charge in [-0.15, -0.1) is 6.58 Å². The molecule has 0 spiro atoms. The SMILES string of the molecule is C=CC[C@H]1CC[C@H]2c3[nH]c4ccccc4c3CCN2[C@H]1C. The Balaban J connectivity index is 1.72. The normalized spacial score (nSPS) is 29.1. The number of aromatic nitrogens is 1. The third kappa shape index (κ3) is 1.96. The topological polar surface area (TPSA) is 19.0 Å². The minimum absolute atomic E-state index is 0.595. The maximum absolute atomic E-state index is 3.93. The number of hydrogen-bond acceptors (Lipinski definition) is 1. The predicted octanol–water partition coefficient (Wildman–Crippen LogP) is 4.44. The first-order valence-corrected chi connectivity index (χ1v) is 8.25. The lowest BCUT2D eigenvalue weighted by atomic mass is 9.80. The summed E-state index contributed by atoms with van der Waals surface area (Å²) in [5.41, 5.74) is 4.37. The zero-order valence-corrected chi connectivity index (χ0v) is 12.8. The molecule has 2 heteroatoms. The van der Waals surface area contributed by atoms with Crippen LogP contribution in [0.3, 0.4) is 0 Å². The molecule has 1 N–H and O–H groups in total. The number of aromatic amines is 1. The van der Waals surface area contributed by atoms with Crippen molar-refractivity contribution in [3.8, 4) is 0 Å². The fraction of sp³-hybridized carbons (Fsp3) is 0.474. The van der Waals surface area contributed by atoms with Crippen LogP contribution in [0.1, 0.15) is 43.5 Å². The second-order valence-corrected chi connectivity index (χ2v) is 6.67. The smallest absolute Gasteiger partial charge is 0.0504 e. The summed E-state index contributed by atoms with van der Waals surface area (Å²) in [6.45, 7) is 7.55. The maximum atomic E-state index is 3.93. The fourth-order valence-electron chi connectivity index (χ4n) is 4.55. The van der Waals surface area contributed by atoms with Crippen molar-refractivity contribution in [2.75, 3.05) is 6.54 Å². The summed E-state index contributed by atoms with van der Waals surface area (Å²) in [6, 6.07) is 10.0. The van der Waals surface area contributed by atoms with Crippen molar-refractivity contribution < 1.29 is 0 Å². The van der Waals surface area contributed by atoms with Gasteiger partial charge in [0.2, 0.25) is 0 Å². The average molecular weight is 280 g/mol. The van der Waals surface area contributed by atoms with Crippen LogP contribution in [0, 0.1) is 5.92 Å². The number of allylic oxidation sites excluding steroid dienone is 1. The first kappa shape index (κ1) is 13.1. The van der Waals surface area contributed by atoms with Crippen molar-refractivity contribution in [2.24, 2.45) is 5.92 Å². The Morgan fingerprint density at radius 3 is 3.05 bits per heavy atom. The van der Waals surface area contributed by atoms with Gasteiger partial charge >= 0.3 is 0 Å². The zero-order chi connectivity index (χ0) is 14.4. The van der Waals surface area contributed by atoms with Crippen LogP contribution in [0.15, 0.2) is 36.9 Å². The molecule has 0 aliphatic carbocycles. The van der Waals surface area contributed by atoms with Crippen LogP contribution in [0.2, 0.25) is 0 Å². The number of para-hydroxylation sites is 1. The van der Waals surface area contributed by atoms with Crippen molar-refractivity contribution >= 4 is 10.9 Å². The van der Waals surface area contributed by atoms with E-state index in [1.807, 2.05) is 0 Å². The number of rotatable bonds is 2. The van der Waals surface area contributed by atoms with Crippen LogP contribution in [-0.2, 0) is 6.42 Å². The highest BCUT2D eigenvalue weighted by atomic mass is 15.2. The summed E-state index contributed by atoms with van der Waals surface area (Å²) in [6.07, 6.45) is 7.04. The lowest BCUT2D eigenvalue weighted by Crippen LogP contribution is -2.48.